The largest absolute Gasteiger partial charge is 0.357 e. The van der Waals surface area contributed by atoms with Gasteiger partial charge in [0.2, 0.25) is 0 Å². The monoisotopic (exact) mass is 290 g/mol. The van der Waals surface area contributed by atoms with Crippen molar-refractivity contribution in [2.24, 2.45) is 5.92 Å². The second kappa shape index (κ2) is 7.41. The molecule has 0 aliphatic carbocycles. The number of hydrogen-bond acceptors (Lipinski definition) is 4. The van der Waals surface area contributed by atoms with Gasteiger partial charge in [-0.2, -0.15) is 0 Å². The maximum atomic E-state index is 11.8. The lowest BCUT2D eigenvalue weighted by molar-refractivity contribution is 0.0827. The first-order chi connectivity index (χ1) is 10.1. The van der Waals surface area contributed by atoms with Crippen molar-refractivity contribution in [2.45, 2.75) is 19.8 Å². The van der Waals surface area contributed by atoms with Crippen molar-refractivity contribution >= 4 is 11.7 Å². The van der Waals surface area contributed by atoms with Crippen molar-refractivity contribution in [1.82, 2.24) is 15.2 Å². The second-order valence-corrected chi connectivity index (χ2v) is 5.84. The molecule has 2 heterocycles. The first-order valence-corrected chi connectivity index (χ1v) is 7.75. The van der Waals surface area contributed by atoms with Gasteiger partial charge >= 0.3 is 0 Å². The number of piperidine rings is 1. The van der Waals surface area contributed by atoms with Crippen LogP contribution in [0.25, 0.3) is 0 Å². The van der Waals surface area contributed by atoms with E-state index < -0.39 is 0 Å². The lowest BCUT2D eigenvalue weighted by atomic mass is 9.97. The molecule has 0 saturated carbocycles. The zero-order chi connectivity index (χ0) is 15.2. The molecule has 21 heavy (non-hydrogen) atoms. The number of rotatable bonds is 5. The van der Waals surface area contributed by atoms with Gasteiger partial charge in [0.1, 0.15) is 5.82 Å². The number of nitrogens with one attached hydrogen (secondary N) is 1. The molecule has 116 valence electrons. The smallest absolute Gasteiger partial charge is 0.254 e. The average molecular weight is 290 g/mol. The number of amides is 1. The predicted molar refractivity (Wildman–Crippen MR) is 85.7 cm³/mol. The highest BCUT2D eigenvalue weighted by Gasteiger charge is 2.20. The van der Waals surface area contributed by atoms with E-state index in [-0.39, 0.29) is 5.91 Å². The first kappa shape index (κ1) is 15.8. The van der Waals surface area contributed by atoms with Gasteiger partial charge in [-0.15, -0.1) is 0 Å². The Hall–Kier alpha value is -1.62. The summed E-state index contributed by atoms with van der Waals surface area (Å²) in [5.74, 6) is 1.75. The fourth-order valence-corrected chi connectivity index (χ4v) is 2.67. The Morgan fingerprint density at radius 1 is 1.38 bits per heavy atom. The Kier molecular flexibility index (Phi) is 5.56. The minimum atomic E-state index is -0.00148. The summed E-state index contributed by atoms with van der Waals surface area (Å²) in [6, 6.07) is 3.83. The number of hydrogen-bond donors (Lipinski definition) is 1. The van der Waals surface area contributed by atoms with Gasteiger partial charge in [-0.3, -0.25) is 4.79 Å². The molecule has 0 atom stereocenters. The molecule has 2 rings (SSSR count). The lowest BCUT2D eigenvalue weighted by Gasteiger charge is -2.33. The number of carbonyl (C=O) groups excluding carboxylic acids is 1. The van der Waals surface area contributed by atoms with Crippen molar-refractivity contribution < 1.29 is 4.79 Å². The minimum absolute atomic E-state index is 0.00148. The summed E-state index contributed by atoms with van der Waals surface area (Å²) in [5, 5.41) is 3.43. The highest BCUT2D eigenvalue weighted by molar-refractivity contribution is 5.93. The average Bonchev–Trinajstić information content (AvgIpc) is 2.53. The molecule has 1 amide bonds. The van der Waals surface area contributed by atoms with Crippen LogP contribution in [0.15, 0.2) is 18.3 Å². The number of nitrogens with zero attached hydrogens (tertiary/aromatic N) is 3. The molecular weight excluding hydrogens is 264 g/mol. The predicted octanol–water partition coefficient (Wildman–Crippen LogP) is 1.61. The van der Waals surface area contributed by atoms with Crippen LogP contribution in [-0.4, -0.2) is 56.1 Å². The van der Waals surface area contributed by atoms with E-state index in [0.29, 0.717) is 5.56 Å². The van der Waals surface area contributed by atoms with Gasteiger partial charge in [-0.1, -0.05) is 6.92 Å². The highest BCUT2D eigenvalue weighted by Crippen LogP contribution is 2.21. The number of pyridine rings is 1. The van der Waals surface area contributed by atoms with Crippen LogP contribution < -0.4 is 10.2 Å². The van der Waals surface area contributed by atoms with E-state index in [1.54, 1.807) is 25.2 Å². The normalized spacial score (nSPS) is 16.0. The third-order valence-electron chi connectivity index (χ3n) is 4.02. The van der Waals surface area contributed by atoms with Crippen molar-refractivity contribution in [1.29, 1.82) is 0 Å². The van der Waals surface area contributed by atoms with Crippen LogP contribution in [0, 0.1) is 5.92 Å². The molecule has 1 aromatic heterocycles. The van der Waals surface area contributed by atoms with Crippen LogP contribution in [0.3, 0.4) is 0 Å². The fraction of sp³-hybridized carbons (Fsp3) is 0.625. The zero-order valence-electron chi connectivity index (χ0n) is 13.3. The molecule has 1 N–H and O–H groups in total. The standard InChI is InChI=1S/C16H26N4O/c1-4-17-11-13-7-9-20(10-8-13)15-6-5-14(12-18-15)16(21)19(2)3/h5-6,12-13,17H,4,7-11H2,1-3H3. The summed E-state index contributed by atoms with van der Waals surface area (Å²) in [5.41, 5.74) is 0.644. The Labute approximate surface area is 127 Å². The molecule has 1 saturated heterocycles. The van der Waals surface area contributed by atoms with Gasteiger partial charge in [0.25, 0.3) is 5.91 Å². The maximum Gasteiger partial charge on any atom is 0.254 e. The lowest BCUT2D eigenvalue weighted by Crippen LogP contribution is -2.37. The second-order valence-electron chi connectivity index (χ2n) is 5.84. The van der Waals surface area contributed by atoms with E-state index in [9.17, 15) is 4.79 Å². The first-order valence-electron chi connectivity index (χ1n) is 7.75. The van der Waals surface area contributed by atoms with Gasteiger partial charge in [-0.25, -0.2) is 4.98 Å². The summed E-state index contributed by atoms with van der Waals surface area (Å²) < 4.78 is 0. The van der Waals surface area contributed by atoms with Crippen LogP contribution in [-0.2, 0) is 0 Å². The van der Waals surface area contributed by atoms with Crippen molar-refractivity contribution in [3.05, 3.63) is 23.9 Å². The molecule has 5 nitrogen and oxygen atoms in total. The highest BCUT2D eigenvalue weighted by atomic mass is 16.2. The van der Waals surface area contributed by atoms with E-state index in [4.69, 9.17) is 0 Å². The van der Waals surface area contributed by atoms with Crippen molar-refractivity contribution in [2.75, 3.05) is 45.2 Å². The van der Waals surface area contributed by atoms with Gasteiger partial charge in [0.15, 0.2) is 0 Å². The molecule has 1 aliphatic rings. The zero-order valence-corrected chi connectivity index (χ0v) is 13.3. The Morgan fingerprint density at radius 2 is 2.10 bits per heavy atom. The van der Waals surface area contributed by atoms with E-state index >= 15 is 0 Å². The summed E-state index contributed by atoms with van der Waals surface area (Å²) in [4.78, 5) is 20.2. The Balaban J connectivity index is 1.90. The molecule has 0 unspecified atom stereocenters. The van der Waals surface area contributed by atoms with E-state index in [2.05, 4.69) is 22.1 Å². The summed E-state index contributed by atoms with van der Waals surface area (Å²) in [7, 11) is 3.51. The van der Waals surface area contributed by atoms with Crippen LogP contribution in [0.1, 0.15) is 30.1 Å². The van der Waals surface area contributed by atoms with Crippen LogP contribution in [0.2, 0.25) is 0 Å². The van der Waals surface area contributed by atoms with Crippen LogP contribution >= 0.6 is 0 Å². The topological polar surface area (TPSA) is 48.5 Å². The van der Waals surface area contributed by atoms with Crippen LogP contribution in [0.5, 0.6) is 0 Å². The van der Waals surface area contributed by atoms with Gasteiger partial charge in [-0.05, 0) is 44.0 Å². The van der Waals surface area contributed by atoms with E-state index in [1.807, 2.05) is 12.1 Å². The summed E-state index contributed by atoms with van der Waals surface area (Å²) >= 11 is 0. The third kappa shape index (κ3) is 4.17. The fourth-order valence-electron chi connectivity index (χ4n) is 2.67. The van der Waals surface area contributed by atoms with E-state index in [0.717, 1.165) is 37.9 Å². The number of anilines is 1. The quantitative estimate of drug-likeness (QED) is 0.895. The van der Waals surface area contributed by atoms with E-state index in [1.165, 1.54) is 12.8 Å². The Bertz CT molecular complexity index is 450. The molecule has 0 spiro atoms. The van der Waals surface area contributed by atoms with Gasteiger partial charge in [0.05, 0.1) is 5.56 Å². The SMILES string of the molecule is CCNCC1CCN(c2ccc(C(=O)N(C)C)cn2)CC1. The maximum absolute atomic E-state index is 11.8. The number of carbonyl (C=O) groups is 1. The van der Waals surface area contributed by atoms with Gasteiger partial charge in [0, 0.05) is 33.4 Å². The van der Waals surface area contributed by atoms with Crippen molar-refractivity contribution in [3.8, 4) is 0 Å². The van der Waals surface area contributed by atoms with Crippen molar-refractivity contribution in [3.63, 3.8) is 0 Å². The third-order valence-corrected chi connectivity index (χ3v) is 4.02. The summed E-state index contributed by atoms with van der Waals surface area (Å²) in [6.45, 7) is 6.40. The number of aromatic nitrogens is 1. The molecule has 1 aliphatic heterocycles. The molecule has 1 fully saturated rings. The Morgan fingerprint density at radius 3 is 2.62 bits per heavy atom. The molecule has 5 heteroatoms. The molecule has 0 bridgehead atoms. The van der Waals surface area contributed by atoms with Crippen LogP contribution in [0.4, 0.5) is 5.82 Å². The molecule has 0 radical (unpaired) electrons. The minimum Gasteiger partial charge on any atom is -0.357 e. The van der Waals surface area contributed by atoms with Gasteiger partial charge < -0.3 is 15.1 Å². The summed E-state index contributed by atoms with van der Waals surface area (Å²) in [6.07, 6.45) is 4.09. The molecule has 0 aromatic carbocycles. The molecular formula is C16H26N4O. The molecule has 1 aromatic rings.